The first kappa shape index (κ1) is 25.3. The molecule has 0 bridgehead atoms. The van der Waals surface area contributed by atoms with Crippen molar-refractivity contribution >= 4 is 23.5 Å². The highest BCUT2D eigenvalue weighted by molar-refractivity contribution is 8.16. The standard InChI is InChI=1S/C33H28N4S2/c1-2-27(38-32-34-28(23-15-7-3-8-16-23)29(35-32)24-17-9-4-10-18-24)39-33-36-30(25-19-11-5-12-20-25)31(37-33)26-21-13-6-14-22-26/h3-22,27H,2H2,1H3,(H,34,35)(H,36,37). The summed E-state index contributed by atoms with van der Waals surface area (Å²) in [5, 5.41) is 1.82. The first-order valence-electron chi connectivity index (χ1n) is 13.0. The van der Waals surface area contributed by atoms with Crippen LogP contribution >= 0.6 is 23.5 Å². The van der Waals surface area contributed by atoms with E-state index in [1.165, 1.54) is 0 Å². The molecule has 2 N–H and O–H groups in total. The molecule has 6 rings (SSSR count). The molecule has 39 heavy (non-hydrogen) atoms. The summed E-state index contributed by atoms with van der Waals surface area (Å²) in [6.07, 6.45) is 0.958. The number of hydrogen-bond donors (Lipinski definition) is 2. The van der Waals surface area contributed by atoms with Gasteiger partial charge in [0, 0.05) is 22.3 Å². The molecule has 4 aromatic carbocycles. The zero-order chi connectivity index (χ0) is 26.4. The van der Waals surface area contributed by atoms with Crippen molar-refractivity contribution < 1.29 is 0 Å². The summed E-state index contributed by atoms with van der Waals surface area (Å²) < 4.78 is 0.224. The minimum absolute atomic E-state index is 0.224. The van der Waals surface area contributed by atoms with Crippen LogP contribution in [-0.2, 0) is 0 Å². The summed E-state index contributed by atoms with van der Waals surface area (Å²) in [6.45, 7) is 2.21. The van der Waals surface area contributed by atoms with E-state index in [9.17, 15) is 0 Å². The van der Waals surface area contributed by atoms with Gasteiger partial charge in [0.2, 0.25) is 0 Å². The maximum absolute atomic E-state index is 5.07. The van der Waals surface area contributed by atoms with Crippen molar-refractivity contribution in [2.45, 2.75) is 28.2 Å². The van der Waals surface area contributed by atoms with Crippen LogP contribution in [0.3, 0.4) is 0 Å². The lowest BCUT2D eigenvalue weighted by atomic mass is 10.1. The van der Waals surface area contributed by atoms with Gasteiger partial charge in [0.1, 0.15) is 0 Å². The molecule has 6 heteroatoms. The number of nitrogens with one attached hydrogen (secondary N) is 2. The van der Waals surface area contributed by atoms with Crippen LogP contribution in [0.2, 0.25) is 0 Å². The van der Waals surface area contributed by atoms with E-state index >= 15 is 0 Å². The fourth-order valence-corrected chi connectivity index (χ4v) is 6.67. The van der Waals surface area contributed by atoms with E-state index in [0.29, 0.717) is 0 Å². The molecule has 0 unspecified atom stereocenters. The van der Waals surface area contributed by atoms with Gasteiger partial charge in [-0.05, 0) is 6.42 Å². The number of hydrogen-bond acceptors (Lipinski definition) is 4. The SMILES string of the molecule is CCC(Sc1nc(-c2ccccc2)c(-c2ccccc2)[nH]1)Sc1nc(-c2ccccc2)c(-c2ccccc2)[nH]1. The Balaban J connectivity index is 1.31. The number of aromatic nitrogens is 4. The van der Waals surface area contributed by atoms with Gasteiger partial charge in [-0.2, -0.15) is 0 Å². The molecule has 0 radical (unpaired) electrons. The van der Waals surface area contributed by atoms with E-state index in [-0.39, 0.29) is 4.58 Å². The van der Waals surface area contributed by atoms with Crippen LogP contribution in [-0.4, -0.2) is 24.5 Å². The Bertz CT molecular complexity index is 1390. The molecular weight excluding hydrogens is 517 g/mol. The molecule has 0 amide bonds. The Morgan fingerprint density at radius 1 is 0.513 bits per heavy atom. The molecule has 2 aromatic heterocycles. The number of benzene rings is 4. The molecule has 0 aliphatic carbocycles. The third-order valence-corrected chi connectivity index (χ3v) is 9.01. The second-order valence-electron chi connectivity index (χ2n) is 9.07. The molecule has 192 valence electrons. The van der Waals surface area contributed by atoms with Crippen LogP contribution in [0.1, 0.15) is 13.3 Å². The van der Waals surface area contributed by atoms with Crippen LogP contribution in [0.25, 0.3) is 45.0 Å². The summed E-state index contributed by atoms with van der Waals surface area (Å²) in [7, 11) is 0. The first-order chi connectivity index (χ1) is 19.3. The highest BCUT2D eigenvalue weighted by Crippen LogP contribution is 2.41. The summed E-state index contributed by atoms with van der Waals surface area (Å²) in [5.41, 5.74) is 8.49. The fourth-order valence-electron chi connectivity index (χ4n) is 4.49. The minimum atomic E-state index is 0.224. The van der Waals surface area contributed by atoms with E-state index in [4.69, 9.17) is 9.97 Å². The van der Waals surface area contributed by atoms with Crippen LogP contribution < -0.4 is 0 Å². The summed E-state index contributed by atoms with van der Waals surface area (Å²) in [4.78, 5) is 17.4. The molecule has 0 aliphatic rings. The van der Waals surface area contributed by atoms with Crippen LogP contribution in [0.15, 0.2) is 132 Å². The molecule has 0 spiro atoms. The Morgan fingerprint density at radius 3 is 1.18 bits per heavy atom. The van der Waals surface area contributed by atoms with Gasteiger partial charge in [-0.3, -0.25) is 0 Å². The molecule has 2 heterocycles. The number of thioether (sulfide) groups is 2. The van der Waals surface area contributed by atoms with Gasteiger partial charge in [0.15, 0.2) is 10.3 Å². The van der Waals surface area contributed by atoms with Crippen molar-refractivity contribution in [1.29, 1.82) is 0 Å². The number of imidazole rings is 2. The largest absolute Gasteiger partial charge is 0.332 e. The first-order valence-corrected chi connectivity index (χ1v) is 14.8. The molecule has 0 atom stereocenters. The van der Waals surface area contributed by atoms with Gasteiger partial charge in [-0.1, -0.05) is 152 Å². The molecule has 4 nitrogen and oxygen atoms in total. The van der Waals surface area contributed by atoms with E-state index in [0.717, 1.165) is 61.8 Å². The maximum Gasteiger partial charge on any atom is 0.167 e. The van der Waals surface area contributed by atoms with Crippen LogP contribution in [0.5, 0.6) is 0 Å². The second-order valence-corrected chi connectivity index (χ2v) is 11.8. The Labute approximate surface area is 237 Å². The second kappa shape index (κ2) is 11.8. The van der Waals surface area contributed by atoms with Crippen molar-refractivity contribution in [2.75, 3.05) is 0 Å². The maximum atomic E-state index is 5.07. The van der Waals surface area contributed by atoms with E-state index in [2.05, 4.69) is 114 Å². The van der Waals surface area contributed by atoms with Crippen molar-refractivity contribution in [3.05, 3.63) is 121 Å². The predicted molar refractivity (Wildman–Crippen MR) is 165 cm³/mol. The monoisotopic (exact) mass is 544 g/mol. The molecule has 6 aromatic rings. The quantitative estimate of drug-likeness (QED) is 0.141. The summed E-state index contributed by atoms with van der Waals surface area (Å²) in [5.74, 6) is 0. The van der Waals surface area contributed by atoms with Crippen molar-refractivity contribution in [1.82, 2.24) is 19.9 Å². The predicted octanol–water partition coefficient (Wildman–Crippen LogP) is 9.42. The fraction of sp³-hybridized carbons (Fsp3) is 0.0909. The topological polar surface area (TPSA) is 57.4 Å². The van der Waals surface area contributed by atoms with Crippen molar-refractivity contribution in [3.8, 4) is 45.0 Å². The highest BCUT2D eigenvalue weighted by Gasteiger charge is 2.21. The van der Waals surface area contributed by atoms with E-state index in [1.807, 2.05) is 24.3 Å². The van der Waals surface area contributed by atoms with Crippen LogP contribution in [0.4, 0.5) is 0 Å². The summed E-state index contributed by atoms with van der Waals surface area (Å²) in [6, 6.07) is 41.6. The zero-order valence-corrected chi connectivity index (χ0v) is 23.2. The van der Waals surface area contributed by atoms with Crippen molar-refractivity contribution in [2.24, 2.45) is 0 Å². The third kappa shape index (κ3) is 5.72. The summed E-state index contributed by atoms with van der Waals surface area (Å²) >= 11 is 3.50. The molecular formula is C33H28N4S2. The Kier molecular flexibility index (Phi) is 7.66. The molecule has 0 fully saturated rings. The number of rotatable bonds is 9. The zero-order valence-electron chi connectivity index (χ0n) is 21.5. The van der Waals surface area contributed by atoms with Gasteiger partial charge in [-0.25, -0.2) is 9.97 Å². The Hall–Kier alpha value is -4.00. The number of aromatic amines is 2. The normalized spacial score (nSPS) is 11.2. The van der Waals surface area contributed by atoms with Gasteiger partial charge < -0.3 is 9.97 Å². The minimum Gasteiger partial charge on any atom is -0.332 e. The molecule has 0 saturated heterocycles. The van der Waals surface area contributed by atoms with Crippen molar-refractivity contribution in [3.63, 3.8) is 0 Å². The van der Waals surface area contributed by atoms with Gasteiger partial charge in [0.25, 0.3) is 0 Å². The Morgan fingerprint density at radius 2 is 0.846 bits per heavy atom. The lowest BCUT2D eigenvalue weighted by Crippen LogP contribution is -1.96. The molecule has 0 aliphatic heterocycles. The van der Waals surface area contributed by atoms with Gasteiger partial charge >= 0.3 is 0 Å². The van der Waals surface area contributed by atoms with E-state index < -0.39 is 0 Å². The highest BCUT2D eigenvalue weighted by atomic mass is 32.2. The lowest BCUT2D eigenvalue weighted by Gasteiger charge is -2.10. The average Bonchev–Trinajstić information content (AvgIpc) is 3.63. The number of H-pyrrole nitrogens is 2. The number of nitrogens with zero attached hydrogens (tertiary/aromatic N) is 2. The average molecular weight is 545 g/mol. The smallest absolute Gasteiger partial charge is 0.167 e. The molecule has 0 saturated carbocycles. The third-order valence-electron chi connectivity index (χ3n) is 6.40. The lowest BCUT2D eigenvalue weighted by molar-refractivity contribution is 0.999. The van der Waals surface area contributed by atoms with E-state index in [1.54, 1.807) is 23.5 Å². The van der Waals surface area contributed by atoms with Gasteiger partial charge in [0.05, 0.1) is 27.4 Å². The van der Waals surface area contributed by atoms with Crippen LogP contribution in [0, 0.1) is 0 Å². The van der Waals surface area contributed by atoms with Gasteiger partial charge in [-0.15, -0.1) is 0 Å².